The van der Waals surface area contributed by atoms with Gasteiger partial charge in [-0.05, 0) is 188 Å². The minimum atomic E-state index is -1.01. The number of halogens is 2. The zero-order valence-electron chi connectivity index (χ0n) is 65.5. The molecule has 3 saturated heterocycles. The molecule has 3 aliphatic heterocycles. The highest BCUT2D eigenvalue weighted by atomic mass is 127. The molecular weight excluding hydrogens is 1770 g/mol. The molecule has 4 atom stereocenters. The number of imide groups is 3. The van der Waals surface area contributed by atoms with Gasteiger partial charge in [0.2, 0.25) is 23.6 Å². The Morgan fingerprint density at radius 1 is 0.432 bits per heavy atom. The second-order valence-corrected chi connectivity index (χ2v) is 29.9. The Kier molecular flexibility index (Phi) is 42.8. The predicted octanol–water partition coefficient (Wildman–Crippen LogP) is 2.40. The zero-order chi connectivity index (χ0) is 86.8. The van der Waals surface area contributed by atoms with Crippen molar-refractivity contribution in [1.29, 1.82) is 0 Å². The number of phenols is 2. The van der Waals surface area contributed by atoms with Crippen molar-refractivity contribution in [2.45, 2.75) is 129 Å². The van der Waals surface area contributed by atoms with E-state index < -0.39 is 71.1 Å². The molecule has 40 heteroatoms. The van der Waals surface area contributed by atoms with Crippen LogP contribution in [-0.4, -0.2) is 211 Å². The van der Waals surface area contributed by atoms with Crippen LogP contribution in [0, 0.1) is 30.8 Å². The number of hydrogen-bond acceptors (Lipinski definition) is 26. The van der Waals surface area contributed by atoms with Crippen LogP contribution in [0.2, 0.25) is 0 Å². The van der Waals surface area contributed by atoms with Crippen LogP contribution in [0.15, 0.2) is 94.9 Å². The van der Waals surface area contributed by atoms with Gasteiger partial charge in [0, 0.05) is 134 Å². The quantitative estimate of drug-likeness (QED) is 0.00993. The van der Waals surface area contributed by atoms with Gasteiger partial charge in [-0.25, -0.2) is 14.4 Å². The summed E-state index contributed by atoms with van der Waals surface area (Å²) in [5.74, 6) is -10.6. The Labute approximate surface area is 707 Å². The third-order valence-corrected chi connectivity index (χ3v) is 18.9. The van der Waals surface area contributed by atoms with E-state index in [1.165, 1.54) is 48.5 Å². The number of guanidine groups is 2. The monoisotopic (exact) mass is 1870 g/mol. The number of hydrogen-bond donors (Lipinski definition) is 12. The summed E-state index contributed by atoms with van der Waals surface area (Å²) >= 11 is 3.78. The third-order valence-electron chi connectivity index (χ3n) is 17.7. The molecule has 11 amide bonds. The summed E-state index contributed by atoms with van der Waals surface area (Å²) in [7, 11) is 0. The van der Waals surface area contributed by atoms with E-state index in [1.54, 1.807) is 44.2 Å². The van der Waals surface area contributed by atoms with Crippen molar-refractivity contribution in [2.75, 3.05) is 78.8 Å². The fourth-order valence-electron chi connectivity index (χ4n) is 11.2. The lowest BCUT2D eigenvalue weighted by atomic mass is 9.93. The van der Waals surface area contributed by atoms with E-state index >= 15 is 0 Å². The number of carbonyl (C=O) groups excluding carboxylic acids is 16. The molecule has 17 N–H and O–H groups in total. The molecule has 4 aromatic carbocycles. The average Bonchev–Trinajstić information content (AvgIpc) is 1.50. The largest absolute Gasteiger partial charge is 0.508 e. The maximum atomic E-state index is 13.1. The minimum absolute atomic E-state index is 0.0126. The maximum absolute atomic E-state index is 13.1. The van der Waals surface area contributed by atoms with Gasteiger partial charge in [-0.2, -0.15) is 0 Å². The standard InChI is InChI=1S/C37H48IN7O10.C25H42N6O5.C16H11IN2O8/c1-23(5-4-13-43-37(39)40)33(50)44-22-30(47)21-25(17-24-6-8-29(46)9-7-24)34(51)42-14-16-54-15-3-2-12-41-35(52)26-18-27(20-28(38)19-26)36(53)55-45-31(48)10-11-32(45)49;1-18(5-4-11-30-25(27)28)23(34)31-17-22(33)16-20(15-19-6-8-21(32)9-7-19)24(35)29-12-14-36-13-3-2-10-26;17-10-6-8(15(24)26-18-11(20)1-2-12(18)21)5-9(7-10)16(25)27-19-13(22)3-4-14(19)23/h6-9,18-20,23,25,46H,2-5,10-17,21-22H2,1H3,(H,41,52)(H,42,51)(H,44,50)(H4,39,40,43);6-9,18,20,32H,2-5,10-17,26H2,1H3,(H,29,35)(H,31,34)(H4,27,28,30);5-7H,1-4H2/t23-,25?;18-,20?;/m00./s1. The summed E-state index contributed by atoms with van der Waals surface area (Å²) in [6.07, 6.45) is 5.49. The molecule has 0 saturated carbocycles. The Morgan fingerprint density at radius 2 is 0.771 bits per heavy atom. The first-order valence-electron chi connectivity index (χ1n) is 38.0. The van der Waals surface area contributed by atoms with Gasteiger partial charge in [-0.15, -0.1) is 15.2 Å². The molecule has 3 aliphatic rings. The average molecular weight is 1870 g/mol. The van der Waals surface area contributed by atoms with Crippen LogP contribution in [0.25, 0.3) is 0 Å². The van der Waals surface area contributed by atoms with Crippen LogP contribution >= 0.6 is 45.2 Å². The van der Waals surface area contributed by atoms with Crippen LogP contribution in [0.1, 0.15) is 169 Å². The van der Waals surface area contributed by atoms with E-state index in [1.807, 2.05) is 45.2 Å². The molecule has 0 aliphatic carbocycles. The second kappa shape index (κ2) is 51.8. The first-order valence-corrected chi connectivity index (χ1v) is 40.2. The van der Waals surface area contributed by atoms with E-state index in [-0.39, 0.29) is 177 Å². The molecular formula is C78H101I2N15O23. The molecule has 3 fully saturated rings. The molecule has 0 spiro atoms. The van der Waals surface area contributed by atoms with Crippen LogP contribution in [0.4, 0.5) is 0 Å². The van der Waals surface area contributed by atoms with Gasteiger partial charge >= 0.3 is 17.9 Å². The topological polar surface area (TPSA) is 584 Å². The van der Waals surface area contributed by atoms with Gasteiger partial charge in [0.25, 0.3) is 41.4 Å². The van der Waals surface area contributed by atoms with Crippen LogP contribution in [0.3, 0.4) is 0 Å². The number of unbranched alkanes of at least 4 members (excludes halogenated alkanes) is 2. The molecule has 118 heavy (non-hydrogen) atoms. The smallest absolute Gasteiger partial charge is 0.363 e. The Bertz CT molecular complexity index is 4140. The fraction of sp³-hybridized carbons (Fsp3) is 0.462. The Morgan fingerprint density at radius 3 is 1.12 bits per heavy atom. The number of nitrogens with two attached hydrogens (primary N) is 5. The van der Waals surface area contributed by atoms with Gasteiger partial charge in [0.05, 0.1) is 43.0 Å². The molecule has 0 bridgehead atoms. The number of ether oxygens (including phenoxy) is 2. The summed E-state index contributed by atoms with van der Waals surface area (Å²) in [6, 6.07) is 21.1. The fourth-order valence-corrected chi connectivity index (χ4v) is 12.6. The van der Waals surface area contributed by atoms with Gasteiger partial charge < -0.3 is 89.5 Å². The molecule has 4 aromatic rings. The molecule has 38 nitrogen and oxygen atoms in total. The normalized spacial score (nSPS) is 13.9. The number of benzene rings is 4. The first kappa shape index (κ1) is 97.5. The predicted molar refractivity (Wildman–Crippen MR) is 439 cm³/mol. The second-order valence-electron chi connectivity index (χ2n) is 27.4. The van der Waals surface area contributed by atoms with E-state index in [9.17, 15) is 86.9 Å². The molecule has 2 unspecified atom stereocenters. The number of hydroxylamine groups is 6. The number of rotatable bonds is 46. The molecule has 640 valence electrons. The van der Waals surface area contributed by atoms with Crippen molar-refractivity contribution in [3.05, 3.63) is 125 Å². The van der Waals surface area contributed by atoms with Gasteiger partial charge in [-0.3, -0.25) is 72.3 Å². The van der Waals surface area contributed by atoms with E-state index in [2.05, 4.69) is 36.6 Å². The lowest BCUT2D eigenvalue weighted by Crippen LogP contribution is -2.38. The molecule has 0 radical (unpaired) electrons. The summed E-state index contributed by atoms with van der Waals surface area (Å²) < 4.78 is 12.1. The van der Waals surface area contributed by atoms with Crippen molar-refractivity contribution >= 4 is 152 Å². The highest BCUT2D eigenvalue weighted by Gasteiger charge is 2.37. The lowest BCUT2D eigenvalue weighted by molar-refractivity contribution is -0.173. The summed E-state index contributed by atoms with van der Waals surface area (Å²) in [5.41, 5.74) is 28.2. The van der Waals surface area contributed by atoms with Crippen molar-refractivity contribution in [1.82, 2.24) is 41.8 Å². The molecule has 7 rings (SSSR count). The summed E-state index contributed by atoms with van der Waals surface area (Å²) in [4.78, 5) is 218. The van der Waals surface area contributed by atoms with Crippen LogP contribution in [-0.2, 0) is 94.4 Å². The van der Waals surface area contributed by atoms with E-state index in [4.69, 9.17) is 52.7 Å². The van der Waals surface area contributed by atoms with Gasteiger partial charge in [0.15, 0.2) is 23.5 Å². The molecule has 3 heterocycles. The van der Waals surface area contributed by atoms with Gasteiger partial charge in [0.1, 0.15) is 11.5 Å². The minimum Gasteiger partial charge on any atom is -0.508 e. The summed E-state index contributed by atoms with van der Waals surface area (Å²) in [6.45, 7) is 6.97. The number of Topliss-reactive ketones (excluding diaryl/α,β-unsaturated/α-hetero) is 2. The number of aliphatic imine (C=N–C) groups is 2. The number of nitrogens with one attached hydrogen (secondary N) is 5. The van der Waals surface area contributed by atoms with Crippen molar-refractivity contribution in [3.8, 4) is 11.5 Å². The maximum Gasteiger partial charge on any atom is 0.363 e. The van der Waals surface area contributed by atoms with Crippen molar-refractivity contribution in [3.63, 3.8) is 0 Å². The van der Waals surface area contributed by atoms with E-state index in [0.717, 1.165) is 30.0 Å². The number of carbonyl (C=O) groups is 16. The third kappa shape index (κ3) is 36.2. The van der Waals surface area contributed by atoms with Gasteiger partial charge in [-0.1, -0.05) is 38.1 Å². The molecule has 0 aromatic heterocycles. The van der Waals surface area contributed by atoms with Crippen LogP contribution < -0.4 is 55.3 Å². The summed E-state index contributed by atoms with van der Waals surface area (Å²) in [5, 5.41) is 34.1. The number of nitrogens with zero attached hydrogens (tertiary/aromatic N) is 5. The van der Waals surface area contributed by atoms with Crippen molar-refractivity contribution < 1.29 is 111 Å². The highest BCUT2D eigenvalue weighted by Crippen LogP contribution is 2.24. The number of ketones is 2. The first-order chi connectivity index (χ1) is 56.2. The highest BCUT2D eigenvalue weighted by molar-refractivity contribution is 14.1. The lowest BCUT2D eigenvalue weighted by Gasteiger charge is -2.17. The van der Waals surface area contributed by atoms with Crippen molar-refractivity contribution in [2.24, 2.45) is 62.3 Å². The number of amides is 11. The number of phenolic OH excluding ortho intramolecular Hbond substituents is 2. The Hall–Kier alpha value is -11.1. The Balaban J connectivity index is 0.000000338. The van der Waals surface area contributed by atoms with E-state index in [0.29, 0.717) is 120 Å². The zero-order valence-corrected chi connectivity index (χ0v) is 69.8. The number of aromatic hydroxyl groups is 2. The SMILES string of the molecule is C[C@@H](CCCN=C(N)N)C(=O)NCC(=O)CC(Cc1ccc(O)cc1)C(=O)NCCOCCCCN.C[C@@H](CCCN=C(N)N)C(=O)NCC(=O)CC(Cc1ccc(O)cc1)C(=O)NCCOCCCCNC(=O)c1cc(I)cc(C(=O)ON2C(=O)CCC2=O)c1.O=C(ON1C(=O)CCC1=O)c1cc(I)cc(C(=O)ON2C(=O)CCC2=O)c1. The van der Waals surface area contributed by atoms with Crippen LogP contribution in [0.5, 0.6) is 11.5 Å².